The normalized spacial score (nSPS) is 15.4. The molecule has 14 heavy (non-hydrogen) atoms. The van der Waals surface area contributed by atoms with E-state index in [0.717, 1.165) is 6.42 Å². The van der Waals surface area contributed by atoms with E-state index in [0.29, 0.717) is 0 Å². The number of hydrogen-bond acceptors (Lipinski definition) is 0. The third-order valence-corrected chi connectivity index (χ3v) is 2.80. The number of benzene rings is 1. The molecule has 1 aromatic rings. The van der Waals surface area contributed by atoms with Gasteiger partial charge in [0.2, 0.25) is 0 Å². The third kappa shape index (κ3) is 1.41. The monoisotopic (exact) mass is 184 g/mol. The lowest BCUT2D eigenvalue weighted by atomic mass is 10.0. The molecular formula is C14H16. The highest BCUT2D eigenvalue weighted by molar-refractivity contribution is 5.82. The minimum absolute atomic E-state index is 1.12. The van der Waals surface area contributed by atoms with Gasteiger partial charge in [-0.05, 0) is 43.9 Å². The van der Waals surface area contributed by atoms with Gasteiger partial charge in [-0.3, -0.25) is 0 Å². The molecule has 0 heteroatoms. The summed E-state index contributed by atoms with van der Waals surface area (Å²) in [7, 11) is 0. The molecule has 0 saturated carbocycles. The highest BCUT2D eigenvalue weighted by Gasteiger charge is 2.16. The van der Waals surface area contributed by atoms with Crippen LogP contribution in [0.4, 0.5) is 0 Å². The standard InChI is InChI=1S/C14H16/c1-4-5-13-11(3)9-12-7-6-10(2)8-14(12)13/h4-8H,9H2,1-3H3/b5-4-. The van der Waals surface area contributed by atoms with Gasteiger partial charge in [-0.2, -0.15) is 0 Å². The molecule has 0 nitrogen and oxygen atoms in total. The van der Waals surface area contributed by atoms with Crippen molar-refractivity contribution >= 4 is 5.57 Å². The second-order valence-corrected chi connectivity index (χ2v) is 4.03. The van der Waals surface area contributed by atoms with Gasteiger partial charge in [0.05, 0.1) is 0 Å². The molecule has 0 spiro atoms. The molecule has 0 aliphatic heterocycles. The first-order valence-electron chi connectivity index (χ1n) is 5.14. The van der Waals surface area contributed by atoms with Crippen molar-refractivity contribution in [2.24, 2.45) is 0 Å². The van der Waals surface area contributed by atoms with E-state index in [1.54, 1.807) is 0 Å². The molecule has 1 aliphatic rings. The van der Waals surface area contributed by atoms with Crippen LogP contribution in [0.2, 0.25) is 0 Å². The van der Waals surface area contributed by atoms with Crippen LogP contribution in [0.3, 0.4) is 0 Å². The molecular weight excluding hydrogens is 168 g/mol. The summed E-state index contributed by atoms with van der Waals surface area (Å²) in [6.45, 7) is 6.46. The predicted octanol–water partition coefficient (Wildman–Crippen LogP) is 3.90. The van der Waals surface area contributed by atoms with Crippen LogP contribution in [0.15, 0.2) is 35.9 Å². The molecule has 0 heterocycles. The molecule has 72 valence electrons. The fourth-order valence-corrected chi connectivity index (χ4v) is 2.10. The van der Waals surface area contributed by atoms with Crippen LogP contribution >= 0.6 is 0 Å². The first-order valence-corrected chi connectivity index (χ1v) is 5.14. The highest BCUT2D eigenvalue weighted by Crippen LogP contribution is 2.33. The van der Waals surface area contributed by atoms with E-state index in [2.05, 4.69) is 51.1 Å². The Morgan fingerprint density at radius 1 is 1.21 bits per heavy atom. The summed E-state index contributed by atoms with van der Waals surface area (Å²) in [4.78, 5) is 0. The number of rotatable bonds is 1. The van der Waals surface area contributed by atoms with Crippen LogP contribution in [-0.2, 0) is 6.42 Å². The van der Waals surface area contributed by atoms with Gasteiger partial charge in [0.25, 0.3) is 0 Å². The van der Waals surface area contributed by atoms with Crippen molar-refractivity contribution in [2.45, 2.75) is 27.2 Å². The second kappa shape index (κ2) is 3.45. The summed E-state index contributed by atoms with van der Waals surface area (Å²) in [5.41, 5.74) is 7.16. The van der Waals surface area contributed by atoms with Gasteiger partial charge < -0.3 is 0 Å². The van der Waals surface area contributed by atoms with E-state index in [9.17, 15) is 0 Å². The van der Waals surface area contributed by atoms with Crippen LogP contribution < -0.4 is 0 Å². The molecule has 0 radical (unpaired) electrons. The molecule has 0 amide bonds. The topological polar surface area (TPSA) is 0 Å². The number of aryl methyl sites for hydroxylation is 1. The molecule has 1 aliphatic carbocycles. The Balaban J connectivity index is 2.55. The summed E-state index contributed by atoms with van der Waals surface area (Å²) in [6, 6.07) is 6.75. The fourth-order valence-electron chi connectivity index (χ4n) is 2.10. The SMILES string of the molecule is C/C=C\C1=C(C)Cc2ccc(C)cc21. The Morgan fingerprint density at radius 3 is 2.71 bits per heavy atom. The molecule has 0 bridgehead atoms. The Morgan fingerprint density at radius 2 is 2.00 bits per heavy atom. The Kier molecular flexibility index (Phi) is 2.28. The largest absolute Gasteiger partial charge is 0.0870 e. The number of fused-ring (bicyclic) bond motifs is 1. The van der Waals surface area contributed by atoms with Gasteiger partial charge in [-0.15, -0.1) is 0 Å². The van der Waals surface area contributed by atoms with Crippen molar-refractivity contribution in [1.29, 1.82) is 0 Å². The van der Waals surface area contributed by atoms with E-state index >= 15 is 0 Å². The maximum atomic E-state index is 2.29. The second-order valence-electron chi connectivity index (χ2n) is 4.03. The zero-order valence-corrected chi connectivity index (χ0v) is 9.09. The third-order valence-electron chi connectivity index (χ3n) is 2.80. The zero-order chi connectivity index (χ0) is 10.1. The minimum Gasteiger partial charge on any atom is -0.0870 e. The van der Waals surface area contributed by atoms with E-state index in [4.69, 9.17) is 0 Å². The smallest absolute Gasteiger partial charge is 0.00545 e. The van der Waals surface area contributed by atoms with E-state index in [1.807, 2.05) is 0 Å². The van der Waals surface area contributed by atoms with Gasteiger partial charge in [-0.25, -0.2) is 0 Å². The van der Waals surface area contributed by atoms with Crippen molar-refractivity contribution in [1.82, 2.24) is 0 Å². The van der Waals surface area contributed by atoms with Crippen LogP contribution in [0.1, 0.15) is 30.5 Å². The summed E-state index contributed by atoms with van der Waals surface area (Å²) >= 11 is 0. The average Bonchev–Trinajstić information content (AvgIpc) is 2.45. The lowest BCUT2D eigenvalue weighted by molar-refractivity contribution is 1.19. The van der Waals surface area contributed by atoms with Gasteiger partial charge in [0.15, 0.2) is 0 Å². The van der Waals surface area contributed by atoms with Crippen molar-refractivity contribution in [3.63, 3.8) is 0 Å². The molecule has 0 unspecified atom stereocenters. The average molecular weight is 184 g/mol. The number of allylic oxidation sites excluding steroid dienone is 4. The Bertz CT molecular complexity index is 420. The van der Waals surface area contributed by atoms with Crippen molar-refractivity contribution in [3.8, 4) is 0 Å². The maximum Gasteiger partial charge on any atom is -0.00545 e. The van der Waals surface area contributed by atoms with Crippen molar-refractivity contribution in [2.75, 3.05) is 0 Å². The molecule has 0 N–H and O–H groups in total. The van der Waals surface area contributed by atoms with Gasteiger partial charge in [0, 0.05) is 0 Å². The summed E-state index contributed by atoms with van der Waals surface area (Å²) in [6.07, 6.45) is 5.46. The predicted molar refractivity (Wildman–Crippen MR) is 62.3 cm³/mol. The summed E-state index contributed by atoms with van der Waals surface area (Å²) < 4.78 is 0. The van der Waals surface area contributed by atoms with Crippen LogP contribution in [0.5, 0.6) is 0 Å². The molecule has 2 rings (SSSR count). The van der Waals surface area contributed by atoms with Gasteiger partial charge in [0.1, 0.15) is 0 Å². The van der Waals surface area contributed by atoms with Gasteiger partial charge in [-0.1, -0.05) is 41.5 Å². The molecule has 0 aromatic heterocycles. The first kappa shape index (κ1) is 9.26. The quantitative estimate of drug-likeness (QED) is 0.621. The van der Waals surface area contributed by atoms with E-state index in [-0.39, 0.29) is 0 Å². The van der Waals surface area contributed by atoms with Crippen molar-refractivity contribution in [3.05, 3.63) is 52.6 Å². The minimum atomic E-state index is 1.12. The highest BCUT2D eigenvalue weighted by atomic mass is 14.2. The number of hydrogen-bond donors (Lipinski definition) is 0. The zero-order valence-electron chi connectivity index (χ0n) is 9.09. The summed E-state index contributed by atoms with van der Waals surface area (Å²) in [5.74, 6) is 0. The van der Waals surface area contributed by atoms with Crippen LogP contribution in [0, 0.1) is 6.92 Å². The first-order chi connectivity index (χ1) is 6.72. The van der Waals surface area contributed by atoms with Crippen LogP contribution in [-0.4, -0.2) is 0 Å². The molecule has 0 fully saturated rings. The van der Waals surface area contributed by atoms with E-state index < -0.39 is 0 Å². The molecule has 0 atom stereocenters. The molecule has 1 aromatic carbocycles. The Hall–Kier alpha value is -1.30. The van der Waals surface area contributed by atoms with Gasteiger partial charge >= 0.3 is 0 Å². The fraction of sp³-hybridized carbons (Fsp3) is 0.286. The molecule has 0 saturated heterocycles. The lowest BCUT2D eigenvalue weighted by Crippen LogP contribution is -1.84. The lowest BCUT2D eigenvalue weighted by Gasteiger charge is -2.02. The Labute approximate surface area is 86.0 Å². The van der Waals surface area contributed by atoms with Crippen molar-refractivity contribution < 1.29 is 0 Å². The maximum absolute atomic E-state index is 2.29. The summed E-state index contributed by atoms with van der Waals surface area (Å²) in [5, 5.41) is 0. The van der Waals surface area contributed by atoms with E-state index in [1.165, 1.54) is 27.8 Å². The van der Waals surface area contributed by atoms with Crippen LogP contribution in [0.25, 0.3) is 5.57 Å².